The van der Waals surface area contributed by atoms with Crippen LogP contribution in [0.2, 0.25) is 0 Å². The van der Waals surface area contributed by atoms with Crippen molar-refractivity contribution in [2.24, 2.45) is 22.7 Å². The second kappa shape index (κ2) is 15.6. The van der Waals surface area contributed by atoms with Gasteiger partial charge in [0.1, 0.15) is 23.9 Å². The van der Waals surface area contributed by atoms with Crippen molar-refractivity contribution in [1.82, 2.24) is 5.23 Å². The molecular formula is C41H49BNO13. The second-order valence-corrected chi connectivity index (χ2v) is 15.9. The smallest absolute Gasteiger partial charge is 0.338 e. The minimum Gasteiger partial charge on any atom is -0.456 e. The van der Waals surface area contributed by atoms with Gasteiger partial charge >= 0.3 is 17.9 Å². The van der Waals surface area contributed by atoms with Gasteiger partial charge < -0.3 is 49.0 Å². The number of Topliss-reactive ketones (excluding diaryl/α,β-unsaturated/α-hetero) is 1. The third-order valence-electron chi connectivity index (χ3n) is 12.8. The number of methoxy groups -OCH3 is 1. The summed E-state index contributed by atoms with van der Waals surface area (Å²) in [5.74, 6) is -5.80. The summed E-state index contributed by atoms with van der Waals surface area (Å²) in [6, 6.07) is 15.4. The molecule has 14 nitrogen and oxygen atoms in total. The quantitative estimate of drug-likeness (QED) is 0.0802. The van der Waals surface area contributed by atoms with Gasteiger partial charge in [-0.25, -0.2) is 9.59 Å². The molecule has 3 aliphatic carbocycles. The summed E-state index contributed by atoms with van der Waals surface area (Å²) in [4.78, 5) is 67.8. The molecule has 1 saturated heterocycles. The van der Waals surface area contributed by atoms with E-state index in [0.717, 1.165) is 7.41 Å². The van der Waals surface area contributed by atoms with Gasteiger partial charge in [0.25, 0.3) is 7.41 Å². The molecule has 15 heteroatoms. The van der Waals surface area contributed by atoms with Crippen LogP contribution >= 0.6 is 0 Å². The third-order valence-corrected chi connectivity index (χ3v) is 12.8. The summed E-state index contributed by atoms with van der Waals surface area (Å²) in [5, 5.41) is 38.9. The first kappa shape index (κ1) is 41.4. The summed E-state index contributed by atoms with van der Waals surface area (Å²) in [6.07, 6.45) is -6.44. The van der Waals surface area contributed by atoms with E-state index < -0.39 is 107 Å². The van der Waals surface area contributed by atoms with Crippen LogP contribution in [-0.2, 0) is 42.9 Å². The van der Waals surface area contributed by atoms with Crippen molar-refractivity contribution in [3.8, 4) is 0 Å². The van der Waals surface area contributed by atoms with Gasteiger partial charge in [0.2, 0.25) is 0 Å². The van der Waals surface area contributed by atoms with E-state index in [1.54, 1.807) is 76.2 Å². The largest absolute Gasteiger partial charge is 0.456 e. The average molecular weight is 775 g/mol. The first-order valence-corrected chi connectivity index (χ1v) is 18.7. The molecule has 2 aromatic rings. The Morgan fingerprint density at radius 3 is 2.25 bits per heavy atom. The number of nitrogens with one attached hydrogen (secondary N) is 1. The van der Waals surface area contributed by atoms with Crippen molar-refractivity contribution in [2.75, 3.05) is 20.3 Å². The molecule has 0 amide bonds. The first-order valence-electron chi connectivity index (χ1n) is 18.7. The number of aliphatic hydroxyl groups excluding tert-OH is 2. The number of carbonyl (C=O) groups excluding carboxylic acids is 5. The molecule has 1 aliphatic heterocycles. The van der Waals surface area contributed by atoms with E-state index in [-0.39, 0.29) is 24.2 Å². The molecule has 2 unspecified atom stereocenters. The summed E-state index contributed by atoms with van der Waals surface area (Å²) in [5.41, 5.74) is -5.76. The Labute approximate surface area is 326 Å². The normalized spacial score (nSPS) is 34.2. The molecule has 11 atom stereocenters. The van der Waals surface area contributed by atoms with Gasteiger partial charge in [-0.3, -0.25) is 9.59 Å². The van der Waals surface area contributed by atoms with Gasteiger partial charge in [-0.1, -0.05) is 62.4 Å². The van der Waals surface area contributed by atoms with Gasteiger partial charge in [-0.2, -0.15) is 0 Å². The maximum atomic E-state index is 15.4. The number of esters is 3. The topological polar surface area (TPSA) is 204 Å². The zero-order valence-corrected chi connectivity index (χ0v) is 32.3. The number of carbonyl (C=O) groups is 5. The highest BCUT2D eigenvalue weighted by atomic mass is 16.6. The van der Waals surface area contributed by atoms with Crippen molar-refractivity contribution in [3.63, 3.8) is 0 Å². The number of ketones is 1. The molecule has 2 bridgehead atoms. The van der Waals surface area contributed by atoms with Gasteiger partial charge in [-0.05, 0) is 42.7 Å². The van der Waals surface area contributed by atoms with E-state index in [1.165, 1.54) is 26.2 Å². The van der Waals surface area contributed by atoms with E-state index in [9.17, 15) is 34.5 Å². The Bertz CT molecular complexity index is 1870. The average Bonchev–Trinajstić information content (AvgIpc) is 3.17. The Kier molecular flexibility index (Phi) is 11.5. The maximum Gasteiger partial charge on any atom is 0.338 e. The second-order valence-electron chi connectivity index (χ2n) is 15.9. The number of aliphatic hydroxyl groups is 3. The van der Waals surface area contributed by atoms with Crippen LogP contribution in [-0.4, -0.2) is 115 Å². The van der Waals surface area contributed by atoms with Crippen molar-refractivity contribution in [2.45, 2.75) is 95.2 Å². The fraction of sp³-hybridized carbons (Fsp3) is 0.537. The molecule has 3 fully saturated rings. The van der Waals surface area contributed by atoms with E-state index >= 15 is 4.79 Å². The van der Waals surface area contributed by atoms with Crippen LogP contribution in [0.3, 0.4) is 0 Å². The standard InChI is InChI=1S/C41H49BNO13/c1-22-27(54-37(50)32(47)31(43-42-21-45)24-13-9-7-10-14-24)18-41(51)35(55-36(49)25-15-11-8-12-16-25)33-39(5,34(48)26(19-44)30(22)38(41,3)4)28(52-6)17-29-40(33,20-53-29)56-23(2)46/h7-16,21,26-29,31-33,35,43-44,47,51H,17-20H2,1-6H3/t26-,27+,28+,29-,31+,32-,33?,35?,39-,40+,41-/m1/s1. The van der Waals surface area contributed by atoms with Crippen molar-refractivity contribution in [3.05, 3.63) is 82.9 Å². The molecule has 1 heterocycles. The molecular weight excluding hydrogens is 725 g/mol. The molecule has 1 radical (unpaired) electrons. The fourth-order valence-electron chi connectivity index (χ4n) is 10.0. The number of fused-ring (bicyclic) bond motifs is 5. The summed E-state index contributed by atoms with van der Waals surface area (Å²) in [7, 11) is 2.46. The van der Waals surface area contributed by atoms with E-state index in [0.29, 0.717) is 17.3 Å². The van der Waals surface area contributed by atoms with Crippen LogP contribution in [0.5, 0.6) is 0 Å². The molecule has 0 spiro atoms. The van der Waals surface area contributed by atoms with Crippen LogP contribution < -0.4 is 5.23 Å². The molecule has 2 saturated carbocycles. The van der Waals surface area contributed by atoms with Gasteiger partial charge in [0.15, 0.2) is 17.5 Å². The van der Waals surface area contributed by atoms with Gasteiger partial charge in [0, 0.05) is 32.3 Å². The summed E-state index contributed by atoms with van der Waals surface area (Å²) >= 11 is 0. The lowest BCUT2D eigenvalue weighted by atomic mass is 9.43. The first-order chi connectivity index (χ1) is 26.5. The molecule has 299 valence electrons. The predicted molar refractivity (Wildman–Crippen MR) is 199 cm³/mol. The van der Waals surface area contributed by atoms with Crippen molar-refractivity contribution < 1.29 is 63.0 Å². The monoisotopic (exact) mass is 774 g/mol. The number of hydrogen-bond donors (Lipinski definition) is 4. The lowest BCUT2D eigenvalue weighted by molar-refractivity contribution is -0.347. The van der Waals surface area contributed by atoms with Gasteiger partial charge in [-0.15, -0.1) is 0 Å². The maximum absolute atomic E-state index is 15.4. The minimum atomic E-state index is -2.21. The Hall–Kier alpha value is -4.25. The zero-order chi connectivity index (χ0) is 40.8. The lowest BCUT2D eigenvalue weighted by Crippen LogP contribution is -2.81. The molecule has 4 aliphatic rings. The number of ether oxygens (including phenoxy) is 5. The number of hydrogen-bond acceptors (Lipinski definition) is 14. The number of benzene rings is 2. The highest BCUT2D eigenvalue weighted by Crippen LogP contribution is 2.65. The van der Waals surface area contributed by atoms with Crippen LogP contribution in [0.1, 0.15) is 69.4 Å². The van der Waals surface area contributed by atoms with E-state index in [1.807, 2.05) is 0 Å². The van der Waals surface area contributed by atoms with E-state index in [4.69, 9.17) is 23.7 Å². The fourth-order valence-corrected chi connectivity index (χ4v) is 10.0. The molecule has 6 rings (SSSR count). The lowest BCUT2D eigenvalue weighted by Gasteiger charge is -2.68. The minimum absolute atomic E-state index is 0.107. The number of rotatable bonds is 12. The highest BCUT2D eigenvalue weighted by molar-refractivity contribution is 6.64. The van der Waals surface area contributed by atoms with Crippen molar-refractivity contribution >= 4 is 37.3 Å². The molecule has 56 heavy (non-hydrogen) atoms. The summed E-state index contributed by atoms with van der Waals surface area (Å²) < 4.78 is 30.6. The summed E-state index contributed by atoms with van der Waals surface area (Å²) in [6.45, 7) is 6.87. The van der Waals surface area contributed by atoms with Crippen LogP contribution in [0.4, 0.5) is 0 Å². The highest BCUT2D eigenvalue weighted by Gasteiger charge is 2.78. The van der Waals surface area contributed by atoms with Crippen molar-refractivity contribution in [1.29, 1.82) is 0 Å². The van der Waals surface area contributed by atoms with Crippen LogP contribution in [0.25, 0.3) is 0 Å². The Balaban J connectivity index is 1.55. The van der Waals surface area contributed by atoms with Crippen LogP contribution in [0.15, 0.2) is 71.8 Å². The molecule has 0 aromatic heterocycles. The predicted octanol–water partition coefficient (Wildman–Crippen LogP) is 2.04. The van der Waals surface area contributed by atoms with Crippen LogP contribution in [0, 0.1) is 22.7 Å². The van der Waals surface area contributed by atoms with E-state index in [2.05, 4.69) is 5.23 Å². The SMILES string of the molecule is CO[C@H]1C[C@H]2OC[C@@]2(OC(C)=O)C2C(OC(=O)c3ccccc3)[C@]3(O)C[C@H](OC(=O)[C@H](O)[C@@H](N[B]C=O)c4ccccc4)C(C)=C([C@@H](CO)C(=O)[C@@]21C)C3(C)C. The third kappa shape index (κ3) is 6.51. The zero-order valence-electron chi connectivity index (χ0n) is 32.3. The Morgan fingerprint density at radius 1 is 1.05 bits per heavy atom. The van der Waals surface area contributed by atoms with Gasteiger partial charge in [0.05, 0.1) is 54.4 Å². The molecule has 4 N–H and O–H groups in total. The Morgan fingerprint density at radius 2 is 1.70 bits per heavy atom. The molecule has 2 aromatic carbocycles.